The summed E-state index contributed by atoms with van der Waals surface area (Å²) in [5.74, 6) is 1.56. The molecular formula is C19H32N4. The molecule has 2 aliphatic carbocycles. The van der Waals surface area contributed by atoms with Gasteiger partial charge in [-0.1, -0.05) is 19.3 Å². The molecule has 0 radical (unpaired) electrons. The Balaban J connectivity index is 1.28. The van der Waals surface area contributed by atoms with Gasteiger partial charge in [0.2, 0.25) is 0 Å². The summed E-state index contributed by atoms with van der Waals surface area (Å²) < 4.78 is 2.02. The van der Waals surface area contributed by atoms with Gasteiger partial charge in [0, 0.05) is 43.9 Å². The van der Waals surface area contributed by atoms with Gasteiger partial charge in [0.15, 0.2) is 0 Å². The smallest absolute Gasteiger partial charge is 0.0700 e. The molecule has 128 valence electrons. The van der Waals surface area contributed by atoms with Gasteiger partial charge >= 0.3 is 0 Å². The first-order chi connectivity index (χ1) is 11.3. The molecule has 23 heavy (non-hydrogen) atoms. The van der Waals surface area contributed by atoms with E-state index in [1.54, 1.807) is 0 Å². The molecule has 1 atom stereocenters. The second-order valence-electron chi connectivity index (χ2n) is 8.06. The fourth-order valence-corrected chi connectivity index (χ4v) is 4.62. The van der Waals surface area contributed by atoms with Crippen LogP contribution in [-0.2, 0) is 13.6 Å². The Bertz CT molecular complexity index is 513. The molecule has 0 amide bonds. The summed E-state index contributed by atoms with van der Waals surface area (Å²) in [5, 5.41) is 8.53. The topological polar surface area (TPSA) is 33.1 Å². The standard InChI is InChI=1S/C19H32N4/c1-22-14-17(19(21-22)16-5-3-2-4-6-16)12-20-11-15-9-10-23(13-15)18-7-8-18/h14-16,18,20H,2-13H2,1H3/t15-/m1/s1. The Labute approximate surface area is 140 Å². The number of nitrogens with one attached hydrogen (secondary N) is 1. The zero-order valence-electron chi connectivity index (χ0n) is 14.6. The molecule has 2 saturated carbocycles. The van der Waals surface area contributed by atoms with E-state index in [0.717, 1.165) is 18.5 Å². The zero-order valence-corrected chi connectivity index (χ0v) is 14.6. The van der Waals surface area contributed by atoms with Gasteiger partial charge in [-0.3, -0.25) is 4.68 Å². The summed E-state index contributed by atoms with van der Waals surface area (Å²) in [6.45, 7) is 4.82. The minimum atomic E-state index is 0.707. The van der Waals surface area contributed by atoms with Crippen LogP contribution >= 0.6 is 0 Å². The average Bonchev–Trinajstić information content (AvgIpc) is 3.20. The van der Waals surface area contributed by atoms with Gasteiger partial charge in [-0.2, -0.15) is 5.10 Å². The molecule has 1 saturated heterocycles. The summed E-state index contributed by atoms with van der Waals surface area (Å²) in [6.07, 6.45) is 13.4. The predicted octanol–water partition coefficient (Wildman–Crippen LogP) is 3.04. The van der Waals surface area contributed by atoms with Gasteiger partial charge in [0.1, 0.15) is 0 Å². The van der Waals surface area contributed by atoms with E-state index in [1.807, 2.05) is 4.68 Å². The molecule has 4 rings (SSSR count). The maximum absolute atomic E-state index is 4.80. The van der Waals surface area contributed by atoms with E-state index in [2.05, 4.69) is 23.5 Å². The summed E-state index contributed by atoms with van der Waals surface area (Å²) >= 11 is 0. The fourth-order valence-electron chi connectivity index (χ4n) is 4.62. The van der Waals surface area contributed by atoms with Crippen molar-refractivity contribution < 1.29 is 0 Å². The van der Waals surface area contributed by atoms with Crippen LogP contribution in [0, 0.1) is 5.92 Å². The summed E-state index contributed by atoms with van der Waals surface area (Å²) in [5.41, 5.74) is 2.82. The van der Waals surface area contributed by atoms with Crippen LogP contribution in [0.2, 0.25) is 0 Å². The lowest BCUT2D eigenvalue weighted by atomic mass is 9.85. The zero-order chi connectivity index (χ0) is 15.6. The highest BCUT2D eigenvalue weighted by molar-refractivity contribution is 5.21. The maximum Gasteiger partial charge on any atom is 0.0700 e. The first-order valence-electron chi connectivity index (χ1n) is 9.77. The Morgan fingerprint density at radius 3 is 2.74 bits per heavy atom. The van der Waals surface area contributed by atoms with Crippen molar-refractivity contribution in [3.8, 4) is 0 Å². The fraction of sp³-hybridized carbons (Fsp3) is 0.842. The molecule has 4 nitrogen and oxygen atoms in total. The SMILES string of the molecule is Cn1cc(CNC[C@H]2CCN(C3CC3)C2)c(C2CCCCC2)n1. The second-order valence-corrected chi connectivity index (χ2v) is 8.06. The highest BCUT2D eigenvalue weighted by Crippen LogP contribution is 2.34. The van der Waals surface area contributed by atoms with Gasteiger partial charge in [-0.05, 0) is 51.1 Å². The monoisotopic (exact) mass is 316 g/mol. The Morgan fingerprint density at radius 2 is 1.96 bits per heavy atom. The number of aryl methyl sites for hydroxylation is 1. The van der Waals surface area contributed by atoms with Crippen LogP contribution in [0.1, 0.15) is 68.5 Å². The van der Waals surface area contributed by atoms with Crippen LogP contribution in [0.25, 0.3) is 0 Å². The number of hydrogen-bond acceptors (Lipinski definition) is 3. The Morgan fingerprint density at radius 1 is 1.13 bits per heavy atom. The van der Waals surface area contributed by atoms with Crippen LogP contribution in [0.15, 0.2) is 6.20 Å². The van der Waals surface area contributed by atoms with Crippen molar-refractivity contribution in [2.45, 2.75) is 69.9 Å². The van der Waals surface area contributed by atoms with E-state index < -0.39 is 0 Å². The molecule has 1 N–H and O–H groups in total. The third-order valence-corrected chi connectivity index (χ3v) is 6.06. The van der Waals surface area contributed by atoms with E-state index >= 15 is 0 Å². The normalized spacial score (nSPS) is 26.9. The van der Waals surface area contributed by atoms with Crippen LogP contribution in [0.3, 0.4) is 0 Å². The molecule has 1 aliphatic heterocycles. The van der Waals surface area contributed by atoms with Crippen molar-refractivity contribution in [2.24, 2.45) is 13.0 Å². The second kappa shape index (κ2) is 6.94. The first kappa shape index (κ1) is 15.6. The van der Waals surface area contributed by atoms with Crippen molar-refractivity contribution in [3.05, 3.63) is 17.5 Å². The molecule has 3 aliphatic rings. The van der Waals surface area contributed by atoms with E-state index in [0.29, 0.717) is 5.92 Å². The summed E-state index contributed by atoms with van der Waals surface area (Å²) in [6, 6.07) is 0.941. The third kappa shape index (κ3) is 3.80. The molecule has 4 heteroatoms. The molecule has 1 aromatic heterocycles. The largest absolute Gasteiger partial charge is 0.312 e. The van der Waals surface area contributed by atoms with Gasteiger partial charge < -0.3 is 10.2 Å². The highest BCUT2D eigenvalue weighted by atomic mass is 15.3. The number of hydrogen-bond donors (Lipinski definition) is 1. The van der Waals surface area contributed by atoms with Crippen molar-refractivity contribution in [1.82, 2.24) is 20.0 Å². The quantitative estimate of drug-likeness (QED) is 0.876. The van der Waals surface area contributed by atoms with Crippen molar-refractivity contribution >= 4 is 0 Å². The Kier molecular flexibility index (Phi) is 4.72. The van der Waals surface area contributed by atoms with E-state index in [1.165, 1.54) is 82.3 Å². The van der Waals surface area contributed by atoms with Crippen molar-refractivity contribution in [1.29, 1.82) is 0 Å². The third-order valence-electron chi connectivity index (χ3n) is 6.06. The highest BCUT2D eigenvalue weighted by Gasteiger charge is 2.34. The molecule has 0 aromatic carbocycles. The lowest BCUT2D eigenvalue weighted by molar-refractivity contribution is 0.311. The van der Waals surface area contributed by atoms with Crippen molar-refractivity contribution in [2.75, 3.05) is 19.6 Å². The molecule has 0 spiro atoms. The lowest BCUT2D eigenvalue weighted by Gasteiger charge is -2.21. The lowest BCUT2D eigenvalue weighted by Crippen LogP contribution is -2.27. The molecule has 0 unspecified atom stereocenters. The molecule has 1 aromatic rings. The number of rotatable bonds is 6. The first-order valence-corrected chi connectivity index (χ1v) is 9.77. The number of aromatic nitrogens is 2. The van der Waals surface area contributed by atoms with Gasteiger partial charge in [-0.15, -0.1) is 0 Å². The minimum Gasteiger partial charge on any atom is -0.312 e. The van der Waals surface area contributed by atoms with Crippen LogP contribution in [0.4, 0.5) is 0 Å². The number of nitrogens with zero attached hydrogens (tertiary/aromatic N) is 3. The van der Waals surface area contributed by atoms with Gasteiger partial charge in [-0.25, -0.2) is 0 Å². The van der Waals surface area contributed by atoms with Crippen LogP contribution < -0.4 is 5.32 Å². The average molecular weight is 316 g/mol. The molecule has 3 fully saturated rings. The Hall–Kier alpha value is -0.870. The minimum absolute atomic E-state index is 0.707. The van der Waals surface area contributed by atoms with Crippen LogP contribution in [0.5, 0.6) is 0 Å². The molecule has 2 heterocycles. The predicted molar refractivity (Wildman–Crippen MR) is 93.4 cm³/mol. The van der Waals surface area contributed by atoms with Gasteiger partial charge in [0.25, 0.3) is 0 Å². The summed E-state index contributed by atoms with van der Waals surface area (Å²) in [4.78, 5) is 2.71. The molecular weight excluding hydrogens is 284 g/mol. The van der Waals surface area contributed by atoms with Gasteiger partial charge in [0.05, 0.1) is 5.69 Å². The van der Waals surface area contributed by atoms with E-state index in [-0.39, 0.29) is 0 Å². The van der Waals surface area contributed by atoms with Crippen molar-refractivity contribution in [3.63, 3.8) is 0 Å². The molecule has 0 bridgehead atoms. The summed E-state index contributed by atoms with van der Waals surface area (Å²) in [7, 11) is 2.07. The van der Waals surface area contributed by atoms with E-state index in [9.17, 15) is 0 Å². The van der Waals surface area contributed by atoms with E-state index in [4.69, 9.17) is 5.10 Å². The van der Waals surface area contributed by atoms with Crippen LogP contribution in [-0.4, -0.2) is 40.4 Å². The number of likely N-dealkylation sites (tertiary alicyclic amines) is 1. The maximum atomic E-state index is 4.80.